The number of aliphatic hydroxyl groups is 1. The predicted molar refractivity (Wildman–Crippen MR) is 155 cm³/mol. The van der Waals surface area contributed by atoms with Crippen LogP contribution in [0, 0.1) is 17.2 Å². The standard InChI is InChI=1S/C32H29N3O5S/c33-20-21-9-13-26(14-10-21)40-41-34-25-8-4-7-24(19-25)27(22-11-12-22)28-29(36)32(39-31(28)38)15-17-35(18-16-32)30(37)23-5-2-1-3-6-23/h1-10,13-14,19,22,27,34,36H,11-12,15-18H2. The lowest BCUT2D eigenvalue weighted by Gasteiger charge is -2.38. The largest absolute Gasteiger partial charge is 0.507 e. The van der Waals surface area contributed by atoms with Crippen molar-refractivity contribution in [1.82, 2.24) is 4.90 Å². The number of amides is 1. The summed E-state index contributed by atoms with van der Waals surface area (Å²) in [5, 5.41) is 20.5. The molecule has 41 heavy (non-hydrogen) atoms. The molecule has 1 aliphatic carbocycles. The first-order valence-electron chi connectivity index (χ1n) is 13.7. The Morgan fingerprint density at radius 3 is 2.49 bits per heavy atom. The molecule has 1 unspecified atom stereocenters. The van der Waals surface area contributed by atoms with Gasteiger partial charge in [-0.1, -0.05) is 30.3 Å². The van der Waals surface area contributed by atoms with Crippen molar-refractivity contribution in [2.24, 2.45) is 5.92 Å². The first kappa shape index (κ1) is 26.8. The van der Waals surface area contributed by atoms with Gasteiger partial charge in [0.1, 0.15) is 11.5 Å². The van der Waals surface area contributed by atoms with E-state index in [9.17, 15) is 14.7 Å². The number of esters is 1. The van der Waals surface area contributed by atoms with E-state index >= 15 is 0 Å². The van der Waals surface area contributed by atoms with Crippen molar-refractivity contribution in [3.8, 4) is 11.8 Å². The van der Waals surface area contributed by atoms with E-state index in [1.54, 1.807) is 41.3 Å². The molecule has 2 aliphatic heterocycles. The molecular formula is C32H29N3O5S. The number of nitrogens with one attached hydrogen (secondary N) is 1. The van der Waals surface area contributed by atoms with E-state index in [1.807, 2.05) is 42.5 Å². The topological polar surface area (TPSA) is 112 Å². The zero-order valence-electron chi connectivity index (χ0n) is 22.3. The number of nitrogens with zero attached hydrogens (tertiary/aromatic N) is 2. The summed E-state index contributed by atoms with van der Waals surface area (Å²) in [5.41, 5.74) is 2.15. The van der Waals surface area contributed by atoms with Crippen LogP contribution in [0.4, 0.5) is 5.69 Å². The monoisotopic (exact) mass is 567 g/mol. The third-order valence-corrected chi connectivity index (χ3v) is 8.60. The van der Waals surface area contributed by atoms with Gasteiger partial charge >= 0.3 is 5.97 Å². The lowest BCUT2D eigenvalue weighted by molar-refractivity contribution is -0.151. The number of ether oxygens (including phenoxy) is 1. The van der Waals surface area contributed by atoms with Gasteiger partial charge in [-0.25, -0.2) is 4.79 Å². The minimum Gasteiger partial charge on any atom is -0.507 e. The number of piperidine rings is 1. The molecule has 8 nitrogen and oxygen atoms in total. The van der Waals surface area contributed by atoms with Crippen LogP contribution >= 0.6 is 12.2 Å². The van der Waals surface area contributed by atoms with Crippen molar-refractivity contribution < 1.29 is 23.6 Å². The number of aliphatic hydroxyl groups excluding tert-OH is 1. The fourth-order valence-corrected chi connectivity index (χ4v) is 6.14. The average Bonchev–Trinajstić information content (AvgIpc) is 3.82. The first-order valence-corrected chi connectivity index (χ1v) is 14.4. The number of rotatable bonds is 8. The van der Waals surface area contributed by atoms with Gasteiger partial charge in [-0.3, -0.25) is 9.52 Å². The molecule has 6 rings (SSSR count). The van der Waals surface area contributed by atoms with Crippen LogP contribution in [0.15, 0.2) is 90.2 Å². The molecule has 0 aromatic heterocycles. The third-order valence-electron chi connectivity index (χ3n) is 8.00. The molecule has 2 N–H and O–H groups in total. The van der Waals surface area contributed by atoms with Crippen molar-refractivity contribution >= 4 is 29.8 Å². The number of hydrogen-bond acceptors (Lipinski definition) is 8. The van der Waals surface area contributed by atoms with Crippen LogP contribution in [0.3, 0.4) is 0 Å². The zero-order valence-corrected chi connectivity index (χ0v) is 23.1. The highest BCUT2D eigenvalue weighted by Crippen LogP contribution is 2.52. The van der Waals surface area contributed by atoms with Gasteiger partial charge in [0, 0.05) is 43.1 Å². The number of hydrogen-bond donors (Lipinski definition) is 2. The van der Waals surface area contributed by atoms with Gasteiger partial charge in [-0.05, 0) is 72.9 Å². The lowest BCUT2D eigenvalue weighted by atomic mass is 9.82. The van der Waals surface area contributed by atoms with Gasteiger partial charge in [0.2, 0.25) is 0 Å². The number of anilines is 1. The predicted octanol–water partition coefficient (Wildman–Crippen LogP) is 6.15. The molecule has 1 spiro atoms. The third kappa shape index (κ3) is 5.48. The van der Waals surface area contributed by atoms with E-state index in [0.717, 1.165) is 36.3 Å². The van der Waals surface area contributed by atoms with E-state index in [4.69, 9.17) is 14.2 Å². The van der Waals surface area contributed by atoms with Gasteiger partial charge in [0.25, 0.3) is 5.91 Å². The van der Waals surface area contributed by atoms with Gasteiger partial charge in [-0.15, -0.1) is 0 Å². The van der Waals surface area contributed by atoms with Crippen molar-refractivity contribution in [2.45, 2.75) is 37.2 Å². The van der Waals surface area contributed by atoms with Crippen molar-refractivity contribution in [3.63, 3.8) is 0 Å². The molecule has 1 saturated carbocycles. The number of benzene rings is 3. The van der Waals surface area contributed by atoms with E-state index in [1.165, 1.54) is 0 Å². The van der Waals surface area contributed by atoms with Gasteiger partial charge < -0.3 is 18.9 Å². The Balaban J connectivity index is 1.17. The maximum Gasteiger partial charge on any atom is 0.339 e. The number of carbonyl (C=O) groups is 2. The second kappa shape index (κ2) is 11.2. The fraction of sp³-hybridized carbons (Fsp3) is 0.281. The van der Waals surface area contributed by atoms with Crippen LogP contribution < -0.4 is 8.91 Å². The highest BCUT2D eigenvalue weighted by molar-refractivity contribution is 7.96. The number of likely N-dealkylation sites (tertiary alicyclic amines) is 1. The molecule has 3 aromatic rings. The Labute approximate surface area is 242 Å². The molecule has 1 amide bonds. The van der Waals surface area contributed by atoms with Crippen molar-refractivity contribution in [1.29, 1.82) is 5.26 Å². The molecule has 1 saturated heterocycles. The van der Waals surface area contributed by atoms with Gasteiger partial charge in [-0.2, -0.15) is 5.26 Å². The van der Waals surface area contributed by atoms with Crippen molar-refractivity contribution in [3.05, 3.63) is 107 Å². The summed E-state index contributed by atoms with van der Waals surface area (Å²) in [6.07, 6.45) is 2.65. The van der Waals surface area contributed by atoms with Crippen LogP contribution in [-0.2, 0) is 9.53 Å². The van der Waals surface area contributed by atoms with Gasteiger partial charge in [0.15, 0.2) is 17.8 Å². The highest BCUT2D eigenvalue weighted by atomic mass is 32.2. The number of nitriles is 1. The van der Waals surface area contributed by atoms with E-state index in [2.05, 4.69) is 10.8 Å². The van der Waals surface area contributed by atoms with E-state index in [-0.39, 0.29) is 23.5 Å². The Bertz CT molecular complexity index is 1520. The Morgan fingerprint density at radius 1 is 1.07 bits per heavy atom. The smallest absolute Gasteiger partial charge is 0.339 e. The summed E-state index contributed by atoms with van der Waals surface area (Å²) in [6.45, 7) is 0.782. The Morgan fingerprint density at radius 2 is 1.80 bits per heavy atom. The normalized spacial score (nSPS) is 18.5. The van der Waals surface area contributed by atoms with Crippen molar-refractivity contribution in [2.75, 3.05) is 17.8 Å². The SMILES string of the molecule is N#Cc1ccc(OSNc2cccc(C(C3=C(O)C4(CCN(C(=O)c5ccccc5)CC4)OC3=O)C3CC3)c2)cc1. The molecule has 1 atom stereocenters. The van der Waals surface area contributed by atoms with Crippen LogP contribution in [0.1, 0.15) is 53.1 Å². The molecule has 3 aliphatic rings. The maximum absolute atomic E-state index is 13.3. The summed E-state index contributed by atoms with van der Waals surface area (Å²) < 4.78 is 14.8. The quantitative estimate of drug-likeness (QED) is 0.189. The highest BCUT2D eigenvalue weighted by Gasteiger charge is 2.54. The molecule has 0 radical (unpaired) electrons. The van der Waals surface area contributed by atoms with E-state index < -0.39 is 11.6 Å². The molecule has 2 heterocycles. The maximum atomic E-state index is 13.3. The van der Waals surface area contributed by atoms with Crippen LogP contribution in [0.25, 0.3) is 0 Å². The minimum absolute atomic E-state index is 0.0168. The molecule has 0 bridgehead atoms. The second-order valence-corrected chi connectivity index (χ2v) is 11.2. The summed E-state index contributed by atoms with van der Waals surface area (Å²) in [4.78, 5) is 28.0. The Hall–Kier alpha value is -4.42. The molecule has 208 valence electrons. The van der Waals surface area contributed by atoms with Crippen LogP contribution in [-0.4, -0.2) is 40.6 Å². The molecule has 3 aromatic carbocycles. The van der Waals surface area contributed by atoms with Crippen LogP contribution in [0.2, 0.25) is 0 Å². The lowest BCUT2D eigenvalue weighted by Crippen LogP contribution is -2.48. The summed E-state index contributed by atoms with van der Waals surface area (Å²) >= 11 is 1.05. The van der Waals surface area contributed by atoms with Gasteiger partial charge in [0.05, 0.1) is 17.2 Å². The zero-order chi connectivity index (χ0) is 28.4. The Kier molecular flexibility index (Phi) is 7.33. The first-order chi connectivity index (χ1) is 20.0. The average molecular weight is 568 g/mol. The van der Waals surface area contributed by atoms with Crippen LogP contribution in [0.5, 0.6) is 5.75 Å². The van der Waals surface area contributed by atoms with E-state index in [0.29, 0.717) is 48.4 Å². The second-order valence-electron chi connectivity index (χ2n) is 10.6. The summed E-state index contributed by atoms with van der Waals surface area (Å²) in [6, 6.07) is 25.8. The summed E-state index contributed by atoms with van der Waals surface area (Å²) in [7, 11) is 0. The molecule has 2 fully saturated rings. The number of carbonyl (C=O) groups excluding carboxylic acids is 2. The summed E-state index contributed by atoms with van der Waals surface area (Å²) in [5.74, 6) is 0.0560. The fourth-order valence-electron chi connectivity index (χ4n) is 5.67. The minimum atomic E-state index is -1.09. The molecule has 9 heteroatoms. The molecular weight excluding hydrogens is 538 g/mol.